The summed E-state index contributed by atoms with van der Waals surface area (Å²) in [6.07, 6.45) is 2.77. The Bertz CT molecular complexity index is 818. The number of piperidine rings is 1. The van der Waals surface area contributed by atoms with Crippen molar-refractivity contribution in [3.63, 3.8) is 0 Å². The average Bonchev–Trinajstić information content (AvgIpc) is 3.16. The van der Waals surface area contributed by atoms with E-state index in [4.69, 9.17) is 9.68 Å². The number of benzene rings is 1. The van der Waals surface area contributed by atoms with Crippen LogP contribution < -0.4 is 5.32 Å². The molecule has 0 radical (unpaired) electrons. The Kier molecular flexibility index (Phi) is 4.66. The summed E-state index contributed by atoms with van der Waals surface area (Å²) in [5.74, 6) is 0.157. The van der Waals surface area contributed by atoms with Gasteiger partial charge in [0.05, 0.1) is 22.8 Å². The number of nitrogens with one attached hydrogen (secondary N) is 1. The van der Waals surface area contributed by atoms with Crippen LogP contribution in [-0.2, 0) is 0 Å². The first-order chi connectivity index (χ1) is 12.1. The van der Waals surface area contributed by atoms with Crippen molar-refractivity contribution in [3.05, 3.63) is 58.0 Å². The summed E-state index contributed by atoms with van der Waals surface area (Å²) in [6, 6.07) is 9.51. The van der Waals surface area contributed by atoms with Crippen LogP contribution >= 0.6 is 0 Å². The van der Waals surface area contributed by atoms with Crippen LogP contribution in [0.2, 0.25) is 0 Å². The Balaban J connectivity index is 1.65. The molecule has 1 saturated heterocycles. The van der Waals surface area contributed by atoms with Crippen molar-refractivity contribution in [1.29, 1.82) is 5.26 Å². The van der Waals surface area contributed by atoms with Gasteiger partial charge in [-0.05, 0) is 37.1 Å². The number of hydrogen-bond acceptors (Lipinski definition) is 6. The largest absolute Gasteiger partial charge is 0.459 e. The Hall–Kier alpha value is -3.34. The number of furan rings is 1. The van der Waals surface area contributed by atoms with Crippen LogP contribution in [0.15, 0.2) is 41.0 Å². The van der Waals surface area contributed by atoms with Crippen molar-refractivity contribution in [1.82, 2.24) is 4.90 Å². The molecule has 2 heterocycles. The van der Waals surface area contributed by atoms with Gasteiger partial charge in [-0.1, -0.05) is 0 Å². The van der Waals surface area contributed by atoms with Gasteiger partial charge in [0.2, 0.25) is 0 Å². The molecule has 0 spiro atoms. The minimum atomic E-state index is -0.473. The van der Waals surface area contributed by atoms with Crippen LogP contribution in [0.5, 0.6) is 0 Å². The number of anilines is 1. The fourth-order valence-corrected chi connectivity index (χ4v) is 2.88. The smallest absolute Gasteiger partial charge is 0.292 e. The van der Waals surface area contributed by atoms with Gasteiger partial charge in [0, 0.05) is 25.2 Å². The molecule has 8 nitrogen and oxygen atoms in total. The summed E-state index contributed by atoms with van der Waals surface area (Å²) in [5, 5.41) is 23.3. The van der Waals surface area contributed by atoms with E-state index in [2.05, 4.69) is 5.32 Å². The van der Waals surface area contributed by atoms with Gasteiger partial charge in [-0.2, -0.15) is 5.26 Å². The van der Waals surface area contributed by atoms with Gasteiger partial charge < -0.3 is 14.6 Å². The molecule has 1 aromatic heterocycles. The number of hydrogen-bond donors (Lipinski definition) is 1. The molecule has 1 fully saturated rings. The molecule has 1 aromatic carbocycles. The van der Waals surface area contributed by atoms with E-state index in [0.29, 0.717) is 42.9 Å². The van der Waals surface area contributed by atoms with Crippen LogP contribution in [0.3, 0.4) is 0 Å². The molecule has 1 amide bonds. The molecular formula is C17H16N4O4. The highest BCUT2D eigenvalue weighted by atomic mass is 16.6. The quantitative estimate of drug-likeness (QED) is 0.676. The summed E-state index contributed by atoms with van der Waals surface area (Å²) >= 11 is 0. The number of amides is 1. The summed E-state index contributed by atoms with van der Waals surface area (Å²) in [7, 11) is 0. The molecular weight excluding hydrogens is 324 g/mol. The number of nitrogens with zero attached hydrogens (tertiary/aromatic N) is 3. The van der Waals surface area contributed by atoms with Gasteiger partial charge in [-0.3, -0.25) is 14.9 Å². The topological polar surface area (TPSA) is 112 Å². The second kappa shape index (κ2) is 7.05. The lowest BCUT2D eigenvalue weighted by atomic mass is 10.0. The van der Waals surface area contributed by atoms with Crippen molar-refractivity contribution < 1.29 is 14.1 Å². The molecule has 8 heteroatoms. The first-order valence-electron chi connectivity index (χ1n) is 7.86. The van der Waals surface area contributed by atoms with Crippen molar-refractivity contribution >= 4 is 17.3 Å². The SMILES string of the molecule is N#Cc1ccc([N+](=O)[O-])c(NC2CCN(C(=O)c3ccco3)CC2)c1. The minimum Gasteiger partial charge on any atom is -0.459 e. The van der Waals surface area contributed by atoms with E-state index in [-0.39, 0.29) is 17.6 Å². The Morgan fingerprint density at radius 1 is 1.36 bits per heavy atom. The average molecular weight is 340 g/mol. The van der Waals surface area contributed by atoms with E-state index in [9.17, 15) is 14.9 Å². The third-order valence-electron chi connectivity index (χ3n) is 4.20. The van der Waals surface area contributed by atoms with Crippen molar-refractivity contribution in [3.8, 4) is 6.07 Å². The molecule has 0 atom stereocenters. The lowest BCUT2D eigenvalue weighted by molar-refractivity contribution is -0.384. The Morgan fingerprint density at radius 2 is 2.12 bits per heavy atom. The fourth-order valence-electron chi connectivity index (χ4n) is 2.88. The minimum absolute atomic E-state index is 0.00621. The molecule has 1 aliphatic heterocycles. The number of carbonyl (C=O) groups excluding carboxylic acids is 1. The van der Waals surface area contributed by atoms with Crippen LogP contribution in [0.1, 0.15) is 29.0 Å². The molecule has 128 valence electrons. The van der Waals surface area contributed by atoms with Gasteiger partial charge in [0.15, 0.2) is 5.76 Å². The van der Waals surface area contributed by atoms with E-state index in [1.54, 1.807) is 17.0 Å². The van der Waals surface area contributed by atoms with Crippen LogP contribution in [0.4, 0.5) is 11.4 Å². The van der Waals surface area contributed by atoms with E-state index in [1.165, 1.54) is 24.5 Å². The lowest BCUT2D eigenvalue weighted by Gasteiger charge is -2.32. The summed E-state index contributed by atoms with van der Waals surface area (Å²) < 4.78 is 5.13. The number of likely N-dealkylation sites (tertiary alicyclic amines) is 1. The molecule has 1 aliphatic rings. The van der Waals surface area contributed by atoms with E-state index in [0.717, 1.165) is 0 Å². The zero-order chi connectivity index (χ0) is 17.8. The zero-order valence-corrected chi connectivity index (χ0v) is 13.3. The first-order valence-corrected chi connectivity index (χ1v) is 7.86. The molecule has 0 saturated carbocycles. The molecule has 0 unspecified atom stereocenters. The third-order valence-corrected chi connectivity index (χ3v) is 4.20. The maximum atomic E-state index is 12.2. The molecule has 3 rings (SSSR count). The molecule has 25 heavy (non-hydrogen) atoms. The molecule has 0 aliphatic carbocycles. The Morgan fingerprint density at radius 3 is 2.72 bits per heavy atom. The number of nitro benzene ring substituents is 1. The normalized spacial score (nSPS) is 14.8. The van der Waals surface area contributed by atoms with Gasteiger partial charge in [-0.25, -0.2) is 0 Å². The summed E-state index contributed by atoms with van der Waals surface area (Å²) in [5.41, 5.74) is 0.631. The zero-order valence-electron chi connectivity index (χ0n) is 13.3. The highest BCUT2D eigenvalue weighted by Gasteiger charge is 2.26. The predicted molar refractivity (Wildman–Crippen MR) is 89.1 cm³/mol. The Labute approximate surface area is 143 Å². The lowest BCUT2D eigenvalue weighted by Crippen LogP contribution is -2.42. The first kappa shape index (κ1) is 16.5. The standard InChI is InChI=1S/C17H16N4O4/c18-11-12-3-4-15(21(23)24)14(10-12)19-13-5-7-20(8-6-13)17(22)16-2-1-9-25-16/h1-4,9-10,13,19H,5-8H2. The van der Waals surface area contributed by atoms with Crippen LogP contribution in [0, 0.1) is 21.4 Å². The number of nitro groups is 1. The molecule has 1 N–H and O–H groups in total. The van der Waals surface area contributed by atoms with E-state index in [1.807, 2.05) is 6.07 Å². The maximum Gasteiger partial charge on any atom is 0.292 e. The van der Waals surface area contributed by atoms with Gasteiger partial charge in [0.1, 0.15) is 5.69 Å². The van der Waals surface area contributed by atoms with E-state index < -0.39 is 4.92 Å². The fraction of sp³-hybridized carbons (Fsp3) is 0.294. The van der Waals surface area contributed by atoms with Crippen molar-refractivity contribution in [2.45, 2.75) is 18.9 Å². The second-order valence-corrected chi connectivity index (χ2v) is 5.79. The van der Waals surface area contributed by atoms with Crippen LogP contribution in [-0.4, -0.2) is 34.9 Å². The van der Waals surface area contributed by atoms with Crippen molar-refractivity contribution in [2.24, 2.45) is 0 Å². The van der Waals surface area contributed by atoms with Crippen LogP contribution in [0.25, 0.3) is 0 Å². The van der Waals surface area contributed by atoms with Crippen molar-refractivity contribution in [2.75, 3.05) is 18.4 Å². The molecule has 0 bridgehead atoms. The maximum absolute atomic E-state index is 12.2. The second-order valence-electron chi connectivity index (χ2n) is 5.79. The number of rotatable bonds is 4. The summed E-state index contributed by atoms with van der Waals surface area (Å²) in [6.45, 7) is 1.06. The van der Waals surface area contributed by atoms with E-state index >= 15 is 0 Å². The summed E-state index contributed by atoms with van der Waals surface area (Å²) in [4.78, 5) is 24.6. The van der Waals surface area contributed by atoms with Gasteiger partial charge in [-0.15, -0.1) is 0 Å². The predicted octanol–water partition coefficient (Wildman–Crippen LogP) is 2.78. The van der Waals surface area contributed by atoms with Gasteiger partial charge in [0.25, 0.3) is 11.6 Å². The monoisotopic (exact) mass is 340 g/mol. The highest BCUT2D eigenvalue weighted by Crippen LogP contribution is 2.28. The van der Waals surface area contributed by atoms with Gasteiger partial charge >= 0.3 is 0 Å². The highest BCUT2D eigenvalue weighted by molar-refractivity contribution is 5.91. The molecule has 2 aromatic rings. The number of carbonyl (C=O) groups is 1. The number of nitriles is 1. The third kappa shape index (κ3) is 3.61.